The van der Waals surface area contributed by atoms with Crippen molar-refractivity contribution in [3.05, 3.63) is 41.0 Å². The van der Waals surface area contributed by atoms with Gasteiger partial charge in [-0.2, -0.15) is 10.2 Å². The van der Waals surface area contributed by atoms with Crippen molar-refractivity contribution in [1.29, 1.82) is 0 Å². The summed E-state index contributed by atoms with van der Waals surface area (Å²) in [5.74, 6) is -0.317. The predicted octanol–water partition coefficient (Wildman–Crippen LogP) is 0.328. The van der Waals surface area contributed by atoms with Gasteiger partial charge in [-0.05, 0) is 6.07 Å². The van der Waals surface area contributed by atoms with Gasteiger partial charge in [0.1, 0.15) is 18.9 Å². The maximum atomic E-state index is 11.5. The normalized spacial score (nSPS) is 10.2. The molecule has 2 aromatic rings. The van der Waals surface area contributed by atoms with Crippen molar-refractivity contribution in [3.8, 4) is 0 Å². The Balaban J connectivity index is 2.09. The van der Waals surface area contributed by atoms with Gasteiger partial charge in [0.05, 0.1) is 4.92 Å². The van der Waals surface area contributed by atoms with Gasteiger partial charge in [0.2, 0.25) is 0 Å². The predicted molar refractivity (Wildman–Crippen MR) is 51.7 cm³/mol. The second-order valence-corrected chi connectivity index (χ2v) is 3.00. The molecule has 82 valence electrons. The maximum absolute atomic E-state index is 11.5. The van der Waals surface area contributed by atoms with Crippen LogP contribution in [0.4, 0.5) is 5.69 Å². The topological polar surface area (TPSA) is 95.9 Å². The molecular formula is C8H7N5O3. The minimum atomic E-state index is -0.568. The first-order chi connectivity index (χ1) is 7.66. The average Bonchev–Trinajstić information content (AvgIpc) is 2.87. The number of aromatic nitrogens is 4. The van der Waals surface area contributed by atoms with Crippen molar-refractivity contribution < 1.29 is 9.72 Å². The van der Waals surface area contributed by atoms with Gasteiger partial charge in [-0.1, -0.05) is 0 Å². The maximum Gasteiger partial charge on any atom is 0.307 e. The summed E-state index contributed by atoms with van der Waals surface area (Å²) in [6.07, 6.45) is 5.27. The summed E-state index contributed by atoms with van der Waals surface area (Å²) in [5, 5.41) is 17.8. The van der Waals surface area contributed by atoms with Crippen LogP contribution in [0.25, 0.3) is 0 Å². The zero-order valence-corrected chi connectivity index (χ0v) is 8.05. The van der Waals surface area contributed by atoms with E-state index in [2.05, 4.69) is 10.2 Å². The Morgan fingerprint density at radius 1 is 1.50 bits per heavy atom. The lowest BCUT2D eigenvalue weighted by Gasteiger charge is -1.99. The Labute approximate surface area is 89.2 Å². The molecule has 2 aromatic heterocycles. The summed E-state index contributed by atoms with van der Waals surface area (Å²) >= 11 is 0. The molecule has 0 bridgehead atoms. The van der Waals surface area contributed by atoms with Gasteiger partial charge in [-0.3, -0.25) is 19.6 Å². The molecule has 0 fully saturated rings. The Kier molecular flexibility index (Phi) is 2.46. The first-order valence-corrected chi connectivity index (χ1v) is 4.36. The Bertz CT molecular complexity index is 516. The molecule has 0 amide bonds. The third-order valence-electron chi connectivity index (χ3n) is 1.89. The standard InChI is InChI=1S/C8H7N5O3/c14-8(12-3-1-2-9-12)6-11-5-7(4-10-11)13(15)16/h1-5H,6H2. The van der Waals surface area contributed by atoms with Crippen molar-refractivity contribution in [3.63, 3.8) is 0 Å². The fourth-order valence-electron chi connectivity index (χ4n) is 1.16. The van der Waals surface area contributed by atoms with E-state index in [1.54, 1.807) is 6.07 Å². The second-order valence-electron chi connectivity index (χ2n) is 3.00. The van der Waals surface area contributed by atoms with E-state index in [4.69, 9.17) is 0 Å². The number of carbonyl (C=O) groups is 1. The minimum Gasteiger partial charge on any atom is -0.270 e. The molecule has 16 heavy (non-hydrogen) atoms. The summed E-state index contributed by atoms with van der Waals surface area (Å²) in [4.78, 5) is 21.3. The lowest BCUT2D eigenvalue weighted by atomic mass is 10.5. The summed E-state index contributed by atoms with van der Waals surface area (Å²) < 4.78 is 2.34. The molecule has 0 atom stereocenters. The van der Waals surface area contributed by atoms with E-state index in [1.807, 2.05) is 0 Å². The van der Waals surface area contributed by atoms with Crippen LogP contribution in [0.1, 0.15) is 4.79 Å². The highest BCUT2D eigenvalue weighted by atomic mass is 16.6. The van der Waals surface area contributed by atoms with Crippen LogP contribution in [0.5, 0.6) is 0 Å². The van der Waals surface area contributed by atoms with E-state index in [9.17, 15) is 14.9 Å². The molecule has 2 rings (SSSR count). The SMILES string of the molecule is O=C(Cn1cc([N+](=O)[O-])cn1)n1cccn1. The third-order valence-corrected chi connectivity index (χ3v) is 1.89. The molecular weight excluding hydrogens is 214 g/mol. The molecule has 0 aliphatic heterocycles. The summed E-state index contributed by atoms with van der Waals surface area (Å²) in [7, 11) is 0. The fraction of sp³-hybridized carbons (Fsp3) is 0.125. The summed E-state index contributed by atoms with van der Waals surface area (Å²) in [6.45, 7) is -0.0878. The number of hydrogen-bond acceptors (Lipinski definition) is 5. The molecule has 0 saturated carbocycles. The van der Waals surface area contributed by atoms with Crippen LogP contribution in [-0.4, -0.2) is 30.4 Å². The van der Waals surface area contributed by atoms with E-state index in [0.717, 1.165) is 10.9 Å². The molecule has 0 aliphatic carbocycles. The van der Waals surface area contributed by atoms with Crippen molar-refractivity contribution in [2.45, 2.75) is 6.54 Å². The highest BCUT2D eigenvalue weighted by molar-refractivity contribution is 5.77. The smallest absolute Gasteiger partial charge is 0.270 e. The minimum absolute atomic E-state index is 0.0878. The Morgan fingerprint density at radius 2 is 2.31 bits per heavy atom. The van der Waals surface area contributed by atoms with Gasteiger partial charge in [0, 0.05) is 12.4 Å². The van der Waals surface area contributed by atoms with Gasteiger partial charge in [0.25, 0.3) is 5.91 Å². The van der Waals surface area contributed by atoms with Crippen LogP contribution in [0.2, 0.25) is 0 Å². The second kappa shape index (κ2) is 3.93. The molecule has 8 heteroatoms. The Hall–Kier alpha value is -2.51. The van der Waals surface area contributed by atoms with Crippen LogP contribution in [0.15, 0.2) is 30.9 Å². The largest absolute Gasteiger partial charge is 0.307 e. The molecule has 2 heterocycles. The highest BCUT2D eigenvalue weighted by Gasteiger charge is 2.12. The van der Waals surface area contributed by atoms with Gasteiger partial charge in [0.15, 0.2) is 0 Å². The first kappa shape index (κ1) is 10.0. The van der Waals surface area contributed by atoms with Crippen molar-refractivity contribution >= 4 is 11.6 Å². The van der Waals surface area contributed by atoms with Crippen LogP contribution in [0.3, 0.4) is 0 Å². The number of carbonyl (C=O) groups excluding carboxylic acids is 1. The number of hydrogen-bond donors (Lipinski definition) is 0. The first-order valence-electron chi connectivity index (χ1n) is 4.36. The number of nitrogens with zero attached hydrogens (tertiary/aromatic N) is 5. The molecule has 8 nitrogen and oxygen atoms in total. The van der Waals surface area contributed by atoms with Crippen LogP contribution >= 0.6 is 0 Å². The lowest BCUT2D eigenvalue weighted by molar-refractivity contribution is -0.385. The van der Waals surface area contributed by atoms with Gasteiger partial charge >= 0.3 is 5.69 Å². The third kappa shape index (κ3) is 1.95. The van der Waals surface area contributed by atoms with Gasteiger partial charge in [-0.15, -0.1) is 0 Å². The molecule has 0 aliphatic rings. The van der Waals surface area contributed by atoms with Crippen LogP contribution < -0.4 is 0 Å². The number of rotatable bonds is 3. The van der Waals surface area contributed by atoms with Gasteiger partial charge < -0.3 is 0 Å². The fourth-order valence-corrected chi connectivity index (χ4v) is 1.16. The van der Waals surface area contributed by atoms with Crippen molar-refractivity contribution in [2.75, 3.05) is 0 Å². The molecule has 0 saturated heterocycles. The van der Waals surface area contributed by atoms with Crippen LogP contribution in [0, 0.1) is 10.1 Å². The van der Waals surface area contributed by atoms with Crippen molar-refractivity contribution in [1.82, 2.24) is 19.6 Å². The van der Waals surface area contributed by atoms with Gasteiger partial charge in [-0.25, -0.2) is 4.68 Å². The summed E-state index contributed by atoms with van der Waals surface area (Å²) in [5.41, 5.74) is -0.145. The van der Waals surface area contributed by atoms with E-state index in [-0.39, 0.29) is 18.1 Å². The Morgan fingerprint density at radius 3 is 2.88 bits per heavy atom. The van der Waals surface area contributed by atoms with Crippen molar-refractivity contribution in [2.24, 2.45) is 0 Å². The molecule has 0 N–H and O–H groups in total. The molecule has 0 spiro atoms. The van der Waals surface area contributed by atoms with E-state index >= 15 is 0 Å². The summed E-state index contributed by atoms with van der Waals surface area (Å²) in [6, 6.07) is 1.61. The molecule has 0 aromatic carbocycles. The highest BCUT2D eigenvalue weighted by Crippen LogP contribution is 2.07. The molecule has 0 unspecified atom stereocenters. The van der Waals surface area contributed by atoms with E-state index < -0.39 is 4.92 Å². The monoisotopic (exact) mass is 221 g/mol. The van der Waals surface area contributed by atoms with Crippen LogP contribution in [-0.2, 0) is 6.54 Å². The average molecular weight is 221 g/mol. The zero-order valence-electron chi connectivity index (χ0n) is 8.05. The van der Waals surface area contributed by atoms with E-state index in [0.29, 0.717) is 0 Å². The lowest BCUT2D eigenvalue weighted by Crippen LogP contribution is -2.18. The van der Waals surface area contributed by atoms with E-state index in [1.165, 1.54) is 23.3 Å². The molecule has 0 radical (unpaired) electrons. The quantitative estimate of drug-likeness (QED) is 0.549. The number of nitro groups is 1. The zero-order chi connectivity index (χ0) is 11.5.